The molecule has 0 unspecified atom stereocenters. The molecule has 1 aliphatic carbocycles. The maximum absolute atomic E-state index is 13.3. The highest BCUT2D eigenvalue weighted by molar-refractivity contribution is 5.93. The van der Waals surface area contributed by atoms with E-state index in [1.54, 1.807) is 18.0 Å². The van der Waals surface area contributed by atoms with E-state index in [2.05, 4.69) is 16.5 Å². The van der Waals surface area contributed by atoms with E-state index in [9.17, 15) is 9.59 Å². The van der Waals surface area contributed by atoms with E-state index in [0.717, 1.165) is 42.0 Å². The minimum absolute atomic E-state index is 0.0159. The number of carbonyl (C=O) groups excluding carboxylic acids is 2. The van der Waals surface area contributed by atoms with Crippen LogP contribution < -0.4 is 10.1 Å². The molecule has 1 aromatic carbocycles. The molecule has 2 heterocycles. The number of aryl methyl sites for hydroxylation is 2. The van der Waals surface area contributed by atoms with Crippen molar-refractivity contribution in [2.45, 2.75) is 51.5 Å². The summed E-state index contributed by atoms with van der Waals surface area (Å²) in [7, 11) is 1.66. The van der Waals surface area contributed by atoms with Crippen LogP contribution in [0.4, 0.5) is 5.69 Å². The van der Waals surface area contributed by atoms with E-state index in [-0.39, 0.29) is 17.7 Å². The molecule has 7 nitrogen and oxygen atoms in total. The van der Waals surface area contributed by atoms with Crippen LogP contribution in [0.15, 0.2) is 30.6 Å². The molecule has 2 fully saturated rings. The standard InChI is InChI=1S/C23H30N4O3/c1-4-27-15-19(14-24-27)25-21(28)17-7-11-26(12-8-17)22(29)23(9-10-23)18-6-5-16(2)20(13-18)30-3/h5-6,13-15,17H,4,7-12H2,1-3H3,(H,25,28). The van der Waals surface area contributed by atoms with Gasteiger partial charge in [-0.25, -0.2) is 0 Å². The lowest BCUT2D eigenvalue weighted by Gasteiger charge is -2.34. The van der Waals surface area contributed by atoms with Crippen LogP contribution in [0.3, 0.4) is 0 Å². The number of aromatic nitrogens is 2. The van der Waals surface area contributed by atoms with Crippen molar-refractivity contribution in [2.24, 2.45) is 5.92 Å². The van der Waals surface area contributed by atoms with Crippen molar-refractivity contribution in [3.63, 3.8) is 0 Å². The van der Waals surface area contributed by atoms with Crippen LogP contribution in [0.25, 0.3) is 0 Å². The van der Waals surface area contributed by atoms with Crippen molar-refractivity contribution >= 4 is 17.5 Å². The Kier molecular flexibility index (Phi) is 5.54. The predicted molar refractivity (Wildman–Crippen MR) is 114 cm³/mol. The molecule has 30 heavy (non-hydrogen) atoms. The van der Waals surface area contributed by atoms with Gasteiger partial charge in [0, 0.05) is 31.7 Å². The zero-order chi connectivity index (χ0) is 21.3. The summed E-state index contributed by atoms with van der Waals surface area (Å²) in [5.41, 5.74) is 2.43. The molecule has 1 N–H and O–H groups in total. The number of benzene rings is 1. The lowest BCUT2D eigenvalue weighted by atomic mass is 9.90. The zero-order valence-corrected chi connectivity index (χ0v) is 18.0. The number of anilines is 1. The number of nitrogens with zero attached hydrogens (tertiary/aromatic N) is 3. The molecule has 1 saturated carbocycles. The van der Waals surface area contributed by atoms with Gasteiger partial charge in [-0.05, 0) is 56.7 Å². The third-order valence-electron chi connectivity index (χ3n) is 6.50. The first kappa shape index (κ1) is 20.4. The summed E-state index contributed by atoms with van der Waals surface area (Å²) in [5.74, 6) is 0.959. The fourth-order valence-electron chi connectivity index (χ4n) is 4.36. The third-order valence-corrected chi connectivity index (χ3v) is 6.50. The number of hydrogen-bond donors (Lipinski definition) is 1. The number of carbonyl (C=O) groups is 2. The van der Waals surface area contributed by atoms with Crippen LogP contribution in [-0.2, 0) is 21.5 Å². The number of rotatable bonds is 6. The maximum atomic E-state index is 13.3. The highest BCUT2D eigenvalue weighted by Gasteiger charge is 2.53. The van der Waals surface area contributed by atoms with Crippen LogP contribution in [-0.4, -0.2) is 46.7 Å². The monoisotopic (exact) mass is 410 g/mol. The average molecular weight is 411 g/mol. The Morgan fingerprint density at radius 3 is 2.60 bits per heavy atom. The summed E-state index contributed by atoms with van der Waals surface area (Å²) in [4.78, 5) is 27.9. The topological polar surface area (TPSA) is 76.5 Å². The van der Waals surface area contributed by atoms with Gasteiger partial charge in [-0.15, -0.1) is 0 Å². The lowest BCUT2D eigenvalue weighted by molar-refractivity contribution is -0.137. The molecule has 0 bridgehead atoms. The average Bonchev–Trinajstić information content (AvgIpc) is 3.46. The highest BCUT2D eigenvalue weighted by atomic mass is 16.5. The molecule has 7 heteroatoms. The zero-order valence-electron chi connectivity index (χ0n) is 18.0. The van der Waals surface area contributed by atoms with Gasteiger partial charge in [0.2, 0.25) is 11.8 Å². The Labute approximate surface area is 177 Å². The number of ether oxygens (including phenoxy) is 1. The van der Waals surface area contributed by atoms with Crippen molar-refractivity contribution in [2.75, 3.05) is 25.5 Å². The number of piperidine rings is 1. The van der Waals surface area contributed by atoms with Gasteiger partial charge in [0.15, 0.2) is 0 Å². The quantitative estimate of drug-likeness (QED) is 0.794. The highest BCUT2D eigenvalue weighted by Crippen LogP contribution is 2.50. The summed E-state index contributed by atoms with van der Waals surface area (Å²) in [6.07, 6.45) is 6.63. The summed E-state index contributed by atoms with van der Waals surface area (Å²) >= 11 is 0. The fourth-order valence-corrected chi connectivity index (χ4v) is 4.36. The predicted octanol–water partition coefficient (Wildman–Crippen LogP) is 3.13. The van der Waals surface area contributed by atoms with E-state index in [1.807, 2.05) is 37.1 Å². The molecular weight excluding hydrogens is 380 g/mol. The number of hydrogen-bond acceptors (Lipinski definition) is 4. The second-order valence-electron chi connectivity index (χ2n) is 8.41. The van der Waals surface area contributed by atoms with E-state index in [1.165, 1.54) is 0 Å². The maximum Gasteiger partial charge on any atom is 0.233 e. The minimum atomic E-state index is -0.412. The van der Waals surface area contributed by atoms with Crippen LogP contribution in [0, 0.1) is 12.8 Å². The second kappa shape index (κ2) is 8.13. The smallest absolute Gasteiger partial charge is 0.233 e. The van der Waals surface area contributed by atoms with Crippen molar-refractivity contribution in [1.82, 2.24) is 14.7 Å². The molecule has 2 amide bonds. The van der Waals surface area contributed by atoms with Gasteiger partial charge in [-0.3, -0.25) is 14.3 Å². The molecule has 0 spiro atoms. The third kappa shape index (κ3) is 3.80. The molecular formula is C23H30N4O3. The van der Waals surface area contributed by atoms with Gasteiger partial charge in [-0.2, -0.15) is 5.10 Å². The number of nitrogens with one attached hydrogen (secondary N) is 1. The van der Waals surface area contributed by atoms with E-state index in [0.29, 0.717) is 25.9 Å². The molecule has 2 aliphatic rings. The van der Waals surface area contributed by atoms with Gasteiger partial charge in [0.05, 0.1) is 24.4 Å². The summed E-state index contributed by atoms with van der Waals surface area (Å²) in [6.45, 7) is 6.02. The van der Waals surface area contributed by atoms with Crippen LogP contribution in [0.5, 0.6) is 5.75 Å². The summed E-state index contributed by atoms with van der Waals surface area (Å²) in [6, 6.07) is 6.09. The first-order valence-corrected chi connectivity index (χ1v) is 10.7. The Hall–Kier alpha value is -2.83. The van der Waals surface area contributed by atoms with E-state index >= 15 is 0 Å². The normalized spacial score (nSPS) is 18.2. The van der Waals surface area contributed by atoms with Crippen molar-refractivity contribution in [3.05, 3.63) is 41.7 Å². The SMILES string of the molecule is CCn1cc(NC(=O)C2CCN(C(=O)C3(c4ccc(C)c(OC)c4)CC3)CC2)cn1. The van der Waals surface area contributed by atoms with E-state index < -0.39 is 5.41 Å². The molecule has 2 aromatic rings. The Morgan fingerprint density at radius 2 is 2.00 bits per heavy atom. The Morgan fingerprint density at radius 1 is 1.27 bits per heavy atom. The van der Waals surface area contributed by atoms with Crippen molar-refractivity contribution < 1.29 is 14.3 Å². The minimum Gasteiger partial charge on any atom is -0.496 e. The van der Waals surface area contributed by atoms with E-state index in [4.69, 9.17) is 4.74 Å². The van der Waals surface area contributed by atoms with Gasteiger partial charge in [-0.1, -0.05) is 12.1 Å². The summed E-state index contributed by atoms with van der Waals surface area (Å²) < 4.78 is 7.24. The molecule has 160 valence electrons. The second-order valence-corrected chi connectivity index (χ2v) is 8.41. The van der Waals surface area contributed by atoms with Gasteiger partial charge in [0.25, 0.3) is 0 Å². The Bertz CT molecular complexity index is 940. The Balaban J connectivity index is 1.36. The van der Waals surface area contributed by atoms with Gasteiger partial charge in [0.1, 0.15) is 5.75 Å². The summed E-state index contributed by atoms with van der Waals surface area (Å²) in [5, 5.41) is 7.15. The lowest BCUT2D eigenvalue weighted by Crippen LogP contribution is -2.45. The van der Waals surface area contributed by atoms with Gasteiger partial charge >= 0.3 is 0 Å². The number of amides is 2. The number of methoxy groups -OCH3 is 1. The molecule has 1 aromatic heterocycles. The molecule has 1 aliphatic heterocycles. The van der Waals surface area contributed by atoms with Crippen molar-refractivity contribution in [3.8, 4) is 5.75 Å². The van der Waals surface area contributed by atoms with Crippen LogP contribution in [0.1, 0.15) is 43.7 Å². The number of likely N-dealkylation sites (tertiary alicyclic amines) is 1. The molecule has 0 radical (unpaired) electrons. The largest absolute Gasteiger partial charge is 0.496 e. The van der Waals surface area contributed by atoms with Crippen LogP contribution in [0.2, 0.25) is 0 Å². The van der Waals surface area contributed by atoms with Gasteiger partial charge < -0.3 is 15.0 Å². The molecule has 1 saturated heterocycles. The molecule has 0 atom stereocenters. The fraction of sp³-hybridized carbons (Fsp3) is 0.522. The van der Waals surface area contributed by atoms with Crippen LogP contribution >= 0.6 is 0 Å². The first-order valence-electron chi connectivity index (χ1n) is 10.7. The molecule has 4 rings (SSSR count). The van der Waals surface area contributed by atoms with Crippen molar-refractivity contribution in [1.29, 1.82) is 0 Å². The first-order chi connectivity index (χ1) is 14.5.